The largest absolute Gasteiger partial charge is 0.326 e. The van der Waals surface area contributed by atoms with E-state index in [1.807, 2.05) is 6.20 Å². The number of nitrogens with two attached hydrogens (primary N) is 1. The summed E-state index contributed by atoms with van der Waals surface area (Å²) in [5.74, 6) is 1.87. The molecule has 0 amide bonds. The van der Waals surface area contributed by atoms with Crippen LogP contribution in [0.3, 0.4) is 0 Å². The van der Waals surface area contributed by atoms with Gasteiger partial charge in [-0.25, -0.2) is 4.98 Å². The molecule has 4 heteroatoms. The molecule has 3 heterocycles. The highest BCUT2D eigenvalue weighted by atomic mass is 15.0. The van der Waals surface area contributed by atoms with Crippen molar-refractivity contribution in [3.05, 3.63) is 35.9 Å². The van der Waals surface area contributed by atoms with Crippen molar-refractivity contribution < 1.29 is 0 Å². The van der Waals surface area contributed by atoms with Gasteiger partial charge in [0, 0.05) is 19.2 Å². The van der Waals surface area contributed by atoms with Gasteiger partial charge in [-0.05, 0) is 43.5 Å². The van der Waals surface area contributed by atoms with Gasteiger partial charge in [0.25, 0.3) is 0 Å². The third kappa shape index (κ3) is 2.26. The first-order valence-electron chi connectivity index (χ1n) is 6.72. The number of aromatic nitrogens is 2. The molecule has 0 saturated carbocycles. The number of hydrogen-bond donors (Lipinski definition) is 2. The van der Waals surface area contributed by atoms with E-state index in [9.17, 15) is 0 Å². The van der Waals surface area contributed by atoms with Crippen LogP contribution in [0.25, 0.3) is 5.52 Å². The van der Waals surface area contributed by atoms with Gasteiger partial charge in [-0.15, -0.1) is 0 Å². The van der Waals surface area contributed by atoms with Gasteiger partial charge < -0.3 is 15.5 Å². The molecule has 0 bridgehead atoms. The van der Waals surface area contributed by atoms with Crippen LogP contribution in [0.1, 0.15) is 24.2 Å². The molecular formula is C14H20N4. The summed E-state index contributed by atoms with van der Waals surface area (Å²) >= 11 is 0. The predicted octanol–water partition coefficient (Wildman–Crippen LogP) is 1.34. The van der Waals surface area contributed by atoms with Crippen LogP contribution in [0.15, 0.2) is 24.5 Å². The number of imidazole rings is 1. The molecule has 2 aromatic heterocycles. The van der Waals surface area contributed by atoms with Gasteiger partial charge in [0.2, 0.25) is 0 Å². The molecule has 1 saturated heterocycles. The SMILES string of the molecule is NCc1ccc2cnc(CC3CCCNC3)n2c1. The quantitative estimate of drug-likeness (QED) is 0.856. The number of nitrogens with zero attached hydrogens (tertiary/aromatic N) is 2. The summed E-state index contributed by atoms with van der Waals surface area (Å²) in [4.78, 5) is 4.56. The first-order valence-corrected chi connectivity index (χ1v) is 6.72. The fourth-order valence-electron chi connectivity index (χ4n) is 2.72. The van der Waals surface area contributed by atoms with E-state index in [2.05, 4.69) is 33.0 Å². The van der Waals surface area contributed by atoms with Gasteiger partial charge >= 0.3 is 0 Å². The average molecular weight is 244 g/mol. The van der Waals surface area contributed by atoms with Gasteiger partial charge in [-0.2, -0.15) is 0 Å². The molecule has 0 spiro atoms. The smallest absolute Gasteiger partial charge is 0.113 e. The zero-order chi connectivity index (χ0) is 12.4. The normalized spacial score (nSPS) is 20.4. The Hall–Kier alpha value is -1.39. The lowest BCUT2D eigenvalue weighted by Crippen LogP contribution is -2.31. The third-order valence-corrected chi connectivity index (χ3v) is 3.77. The van der Waals surface area contributed by atoms with Gasteiger partial charge in [-0.3, -0.25) is 0 Å². The Bertz CT molecular complexity index is 526. The lowest BCUT2D eigenvalue weighted by atomic mass is 9.96. The molecule has 1 fully saturated rings. The number of fused-ring (bicyclic) bond motifs is 1. The molecular weight excluding hydrogens is 224 g/mol. The number of pyridine rings is 1. The summed E-state index contributed by atoms with van der Waals surface area (Å²) in [6, 6.07) is 4.17. The van der Waals surface area contributed by atoms with E-state index in [1.165, 1.54) is 12.8 Å². The molecule has 1 aliphatic rings. The monoisotopic (exact) mass is 244 g/mol. The Kier molecular flexibility index (Phi) is 3.30. The fraction of sp³-hybridized carbons (Fsp3) is 0.500. The van der Waals surface area contributed by atoms with Gasteiger partial charge in [-0.1, -0.05) is 6.07 Å². The first kappa shape index (κ1) is 11.7. The maximum absolute atomic E-state index is 5.70. The van der Waals surface area contributed by atoms with Gasteiger partial charge in [0.1, 0.15) is 5.82 Å². The summed E-state index contributed by atoms with van der Waals surface area (Å²) in [7, 11) is 0. The zero-order valence-electron chi connectivity index (χ0n) is 10.6. The summed E-state index contributed by atoms with van der Waals surface area (Å²) in [5.41, 5.74) is 8.01. The van der Waals surface area contributed by atoms with Gasteiger partial charge in [0.05, 0.1) is 11.7 Å². The molecule has 4 nitrogen and oxygen atoms in total. The van der Waals surface area contributed by atoms with Crippen LogP contribution in [0.2, 0.25) is 0 Å². The lowest BCUT2D eigenvalue weighted by molar-refractivity contribution is 0.370. The van der Waals surface area contributed by atoms with Crippen LogP contribution < -0.4 is 11.1 Å². The average Bonchev–Trinajstić information content (AvgIpc) is 2.82. The second kappa shape index (κ2) is 5.08. The summed E-state index contributed by atoms with van der Waals surface area (Å²) in [6.45, 7) is 2.86. The fourth-order valence-corrected chi connectivity index (χ4v) is 2.72. The van der Waals surface area contributed by atoms with Crippen LogP contribution in [0.5, 0.6) is 0 Å². The maximum Gasteiger partial charge on any atom is 0.113 e. The molecule has 1 unspecified atom stereocenters. The number of rotatable bonds is 3. The highest BCUT2D eigenvalue weighted by Crippen LogP contribution is 2.17. The minimum absolute atomic E-state index is 0.582. The molecule has 0 radical (unpaired) electrons. The number of nitrogens with one attached hydrogen (secondary N) is 1. The van der Waals surface area contributed by atoms with E-state index in [4.69, 9.17) is 5.73 Å². The van der Waals surface area contributed by atoms with E-state index >= 15 is 0 Å². The minimum atomic E-state index is 0.582. The van der Waals surface area contributed by atoms with Crippen molar-refractivity contribution in [3.8, 4) is 0 Å². The molecule has 2 aromatic rings. The van der Waals surface area contributed by atoms with Crippen LogP contribution in [0, 0.1) is 5.92 Å². The highest BCUT2D eigenvalue weighted by Gasteiger charge is 2.16. The molecule has 96 valence electrons. The standard InChI is InChI=1S/C14H20N4/c15-7-12-3-4-13-9-17-14(18(13)10-12)6-11-2-1-5-16-8-11/h3-4,9-11,16H,1-2,5-8,15H2. The van der Waals surface area contributed by atoms with E-state index in [0.717, 1.165) is 36.4 Å². The second-order valence-electron chi connectivity index (χ2n) is 5.13. The molecule has 1 aliphatic heterocycles. The van der Waals surface area contributed by atoms with E-state index in [-0.39, 0.29) is 0 Å². The summed E-state index contributed by atoms with van der Waals surface area (Å²) < 4.78 is 2.19. The predicted molar refractivity (Wildman–Crippen MR) is 72.4 cm³/mol. The van der Waals surface area contributed by atoms with E-state index < -0.39 is 0 Å². The zero-order valence-corrected chi connectivity index (χ0v) is 10.6. The van der Waals surface area contributed by atoms with Crippen molar-refractivity contribution >= 4 is 5.52 Å². The molecule has 1 atom stereocenters. The van der Waals surface area contributed by atoms with Crippen molar-refractivity contribution in [1.29, 1.82) is 0 Å². The third-order valence-electron chi connectivity index (χ3n) is 3.77. The molecule has 18 heavy (non-hydrogen) atoms. The van der Waals surface area contributed by atoms with Crippen LogP contribution in [-0.4, -0.2) is 22.5 Å². The second-order valence-corrected chi connectivity index (χ2v) is 5.13. The Labute approximate surface area is 107 Å². The van der Waals surface area contributed by atoms with Crippen molar-refractivity contribution in [2.24, 2.45) is 11.7 Å². The summed E-state index contributed by atoms with van der Waals surface area (Å²) in [6.07, 6.45) is 7.70. The number of piperidine rings is 1. The van der Waals surface area contributed by atoms with Crippen molar-refractivity contribution in [2.45, 2.75) is 25.8 Å². The number of hydrogen-bond acceptors (Lipinski definition) is 3. The summed E-state index contributed by atoms with van der Waals surface area (Å²) in [5, 5.41) is 3.46. The van der Waals surface area contributed by atoms with Crippen molar-refractivity contribution in [3.63, 3.8) is 0 Å². The van der Waals surface area contributed by atoms with Crippen molar-refractivity contribution in [1.82, 2.24) is 14.7 Å². The topological polar surface area (TPSA) is 55.3 Å². The Morgan fingerprint density at radius 3 is 3.17 bits per heavy atom. The van der Waals surface area contributed by atoms with Crippen LogP contribution in [0.4, 0.5) is 0 Å². The Morgan fingerprint density at radius 2 is 2.39 bits per heavy atom. The van der Waals surface area contributed by atoms with Gasteiger partial charge in [0.15, 0.2) is 0 Å². The van der Waals surface area contributed by atoms with E-state index in [1.54, 1.807) is 0 Å². The van der Waals surface area contributed by atoms with E-state index in [0.29, 0.717) is 12.5 Å². The highest BCUT2D eigenvalue weighted by molar-refractivity contribution is 5.47. The van der Waals surface area contributed by atoms with Crippen LogP contribution in [-0.2, 0) is 13.0 Å². The minimum Gasteiger partial charge on any atom is -0.326 e. The molecule has 0 aromatic carbocycles. The molecule has 3 N–H and O–H groups in total. The first-order chi connectivity index (χ1) is 8.86. The molecule has 3 rings (SSSR count). The lowest BCUT2D eigenvalue weighted by Gasteiger charge is -2.22. The van der Waals surface area contributed by atoms with Crippen LogP contribution >= 0.6 is 0 Å². The Morgan fingerprint density at radius 1 is 1.44 bits per heavy atom. The maximum atomic E-state index is 5.70. The Balaban J connectivity index is 1.86. The molecule has 0 aliphatic carbocycles. The van der Waals surface area contributed by atoms with Crippen molar-refractivity contribution in [2.75, 3.05) is 13.1 Å².